The standard InChI is InChI=1S/C23H31N3O/c1-19-22(20-11-5-2-6-12-20)23(27-21-13-7-3-8-14-21)24-26(19)18-17-25-15-9-4-10-16-25/h2,5-7,11-13,21H,3-4,8-10,14-18H2,1H3. The van der Waals surface area contributed by atoms with Crippen LogP contribution in [0.3, 0.4) is 0 Å². The van der Waals surface area contributed by atoms with Crippen LogP contribution >= 0.6 is 0 Å². The molecule has 0 spiro atoms. The lowest BCUT2D eigenvalue weighted by molar-refractivity contribution is 0.208. The summed E-state index contributed by atoms with van der Waals surface area (Å²) in [6.45, 7) is 6.62. The quantitative estimate of drug-likeness (QED) is 0.687. The van der Waals surface area contributed by atoms with Gasteiger partial charge in [0, 0.05) is 12.2 Å². The average molecular weight is 366 g/mol. The molecule has 1 unspecified atom stereocenters. The molecule has 1 fully saturated rings. The third-order valence-corrected chi connectivity index (χ3v) is 5.79. The van der Waals surface area contributed by atoms with Crippen LogP contribution in [-0.4, -0.2) is 40.4 Å². The second-order valence-corrected chi connectivity index (χ2v) is 7.77. The van der Waals surface area contributed by atoms with Gasteiger partial charge in [-0.25, -0.2) is 0 Å². The van der Waals surface area contributed by atoms with Gasteiger partial charge in [0.05, 0.1) is 12.1 Å². The van der Waals surface area contributed by atoms with Crippen molar-refractivity contribution < 1.29 is 4.74 Å². The first kappa shape index (κ1) is 18.3. The Balaban J connectivity index is 1.57. The normalized spacial score (nSPS) is 20.7. The largest absolute Gasteiger partial charge is 0.469 e. The molecule has 27 heavy (non-hydrogen) atoms. The maximum Gasteiger partial charge on any atom is 0.241 e. The van der Waals surface area contributed by atoms with E-state index in [4.69, 9.17) is 9.84 Å². The highest BCUT2D eigenvalue weighted by Crippen LogP contribution is 2.34. The smallest absolute Gasteiger partial charge is 0.241 e. The van der Waals surface area contributed by atoms with E-state index in [1.54, 1.807) is 0 Å². The van der Waals surface area contributed by atoms with Crippen LogP contribution in [0.2, 0.25) is 0 Å². The average Bonchev–Trinajstić information content (AvgIpc) is 3.03. The van der Waals surface area contributed by atoms with Gasteiger partial charge >= 0.3 is 0 Å². The van der Waals surface area contributed by atoms with Crippen LogP contribution in [0.1, 0.15) is 44.2 Å². The highest BCUT2D eigenvalue weighted by molar-refractivity contribution is 5.71. The van der Waals surface area contributed by atoms with Crippen LogP contribution in [0.5, 0.6) is 5.88 Å². The fourth-order valence-electron chi connectivity index (χ4n) is 4.20. The zero-order chi connectivity index (χ0) is 18.5. The van der Waals surface area contributed by atoms with E-state index in [1.165, 1.54) is 50.0 Å². The minimum atomic E-state index is 0.144. The molecule has 144 valence electrons. The van der Waals surface area contributed by atoms with Crippen molar-refractivity contribution in [1.82, 2.24) is 14.7 Å². The van der Waals surface area contributed by atoms with Crippen molar-refractivity contribution >= 4 is 0 Å². The van der Waals surface area contributed by atoms with Gasteiger partial charge in [-0.1, -0.05) is 42.8 Å². The summed E-state index contributed by atoms with van der Waals surface area (Å²) in [6, 6.07) is 10.5. The summed E-state index contributed by atoms with van der Waals surface area (Å²) in [4.78, 5) is 2.57. The molecule has 0 bridgehead atoms. The summed E-state index contributed by atoms with van der Waals surface area (Å²) in [5, 5.41) is 4.90. The van der Waals surface area contributed by atoms with Crippen LogP contribution in [0.4, 0.5) is 0 Å². The number of hydrogen-bond acceptors (Lipinski definition) is 3. The van der Waals surface area contributed by atoms with Crippen molar-refractivity contribution in [3.05, 3.63) is 48.2 Å². The lowest BCUT2D eigenvalue weighted by Crippen LogP contribution is -2.32. The number of rotatable bonds is 6. The van der Waals surface area contributed by atoms with Crippen LogP contribution < -0.4 is 4.74 Å². The number of ether oxygens (including phenoxy) is 1. The van der Waals surface area contributed by atoms with E-state index < -0.39 is 0 Å². The number of hydrogen-bond donors (Lipinski definition) is 0. The number of allylic oxidation sites excluding steroid dienone is 1. The van der Waals surface area contributed by atoms with Gasteiger partial charge in [-0.05, 0) is 63.8 Å². The van der Waals surface area contributed by atoms with Crippen molar-refractivity contribution in [2.24, 2.45) is 0 Å². The SMILES string of the molecule is Cc1c(-c2ccccc2)c(OC2C=CCCC2)nn1CCN1CCCCC1. The van der Waals surface area contributed by atoms with E-state index in [1.807, 2.05) is 0 Å². The van der Waals surface area contributed by atoms with Crippen LogP contribution in [0.15, 0.2) is 42.5 Å². The summed E-state index contributed by atoms with van der Waals surface area (Å²) in [7, 11) is 0. The Morgan fingerprint density at radius 3 is 2.59 bits per heavy atom. The summed E-state index contributed by atoms with van der Waals surface area (Å²) < 4.78 is 8.51. The van der Waals surface area contributed by atoms with Gasteiger partial charge in [0.1, 0.15) is 6.10 Å². The van der Waals surface area contributed by atoms with Gasteiger partial charge in [0.2, 0.25) is 5.88 Å². The van der Waals surface area contributed by atoms with Crippen molar-refractivity contribution in [2.45, 2.75) is 58.1 Å². The van der Waals surface area contributed by atoms with E-state index in [9.17, 15) is 0 Å². The second kappa shape index (κ2) is 8.75. The Morgan fingerprint density at radius 1 is 1.04 bits per heavy atom. The second-order valence-electron chi connectivity index (χ2n) is 7.77. The molecule has 4 nitrogen and oxygen atoms in total. The summed E-state index contributed by atoms with van der Waals surface area (Å²) in [5.74, 6) is 0.786. The lowest BCUT2D eigenvalue weighted by atomic mass is 10.0. The molecule has 1 atom stereocenters. The lowest BCUT2D eigenvalue weighted by Gasteiger charge is -2.26. The molecule has 0 radical (unpaired) electrons. The first-order valence-corrected chi connectivity index (χ1v) is 10.5. The molecular formula is C23H31N3O. The van der Waals surface area contributed by atoms with Crippen LogP contribution in [-0.2, 0) is 6.54 Å². The monoisotopic (exact) mass is 365 g/mol. The van der Waals surface area contributed by atoms with E-state index in [0.29, 0.717) is 0 Å². The van der Waals surface area contributed by atoms with Crippen molar-refractivity contribution in [3.63, 3.8) is 0 Å². The molecule has 1 saturated heterocycles. The zero-order valence-electron chi connectivity index (χ0n) is 16.4. The van der Waals surface area contributed by atoms with E-state index in [-0.39, 0.29) is 6.10 Å². The molecule has 0 N–H and O–H groups in total. The molecule has 1 aliphatic carbocycles. The summed E-state index contributed by atoms with van der Waals surface area (Å²) in [6.07, 6.45) is 12.0. The molecule has 4 rings (SSSR count). The first-order chi connectivity index (χ1) is 13.3. The molecule has 1 aromatic carbocycles. The molecule has 4 heteroatoms. The predicted octanol–water partition coefficient (Wildman–Crippen LogP) is 4.83. The predicted molar refractivity (Wildman–Crippen MR) is 110 cm³/mol. The zero-order valence-corrected chi connectivity index (χ0v) is 16.4. The van der Waals surface area contributed by atoms with Crippen molar-refractivity contribution in [3.8, 4) is 17.0 Å². The number of likely N-dealkylation sites (tertiary alicyclic amines) is 1. The molecule has 2 heterocycles. The minimum Gasteiger partial charge on any atom is -0.469 e. The van der Waals surface area contributed by atoms with Gasteiger partial charge in [0.15, 0.2) is 0 Å². The summed E-state index contributed by atoms with van der Waals surface area (Å²) >= 11 is 0. The number of benzene rings is 1. The van der Waals surface area contributed by atoms with Gasteiger partial charge in [-0.2, -0.15) is 0 Å². The molecule has 2 aromatic rings. The van der Waals surface area contributed by atoms with Gasteiger partial charge in [0.25, 0.3) is 0 Å². The maximum absolute atomic E-state index is 6.36. The molecule has 0 saturated carbocycles. The summed E-state index contributed by atoms with van der Waals surface area (Å²) in [5.41, 5.74) is 3.54. The third kappa shape index (κ3) is 4.44. The number of nitrogens with zero attached hydrogens (tertiary/aromatic N) is 3. The Labute approximate surface area is 162 Å². The first-order valence-electron chi connectivity index (χ1n) is 10.5. The Morgan fingerprint density at radius 2 is 1.85 bits per heavy atom. The minimum absolute atomic E-state index is 0.144. The fraction of sp³-hybridized carbons (Fsp3) is 0.522. The highest BCUT2D eigenvalue weighted by atomic mass is 16.5. The van der Waals surface area contributed by atoms with Crippen LogP contribution in [0.25, 0.3) is 11.1 Å². The fourth-order valence-corrected chi connectivity index (χ4v) is 4.20. The number of aromatic nitrogens is 2. The third-order valence-electron chi connectivity index (χ3n) is 5.79. The highest BCUT2D eigenvalue weighted by Gasteiger charge is 2.21. The molecule has 1 aromatic heterocycles. The van der Waals surface area contributed by atoms with E-state index in [0.717, 1.165) is 37.4 Å². The molecule has 2 aliphatic rings. The maximum atomic E-state index is 6.36. The van der Waals surface area contributed by atoms with Gasteiger partial charge in [-0.15, -0.1) is 5.10 Å². The Bertz CT molecular complexity index is 759. The van der Waals surface area contributed by atoms with E-state index in [2.05, 4.69) is 59.0 Å². The van der Waals surface area contributed by atoms with Gasteiger partial charge < -0.3 is 9.64 Å². The van der Waals surface area contributed by atoms with E-state index >= 15 is 0 Å². The van der Waals surface area contributed by atoms with Gasteiger partial charge in [-0.3, -0.25) is 4.68 Å². The molecule has 1 aliphatic heterocycles. The molecular weight excluding hydrogens is 334 g/mol. The van der Waals surface area contributed by atoms with Crippen LogP contribution in [0, 0.1) is 6.92 Å². The van der Waals surface area contributed by atoms with Crippen molar-refractivity contribution in [1.29, 1.82) is 0 Å². The topological polar surface area (TPSA) is 30.3 Å². The number of piperidine rings is 1. The Hall–Kier alpha value is -2.07. The Kier molecular flexibility index (Phi) is 5.93. The molecule has 0 amide bonds. The van der Waals surface area contributed by atoms with Crippen molar-refractivity contribution in [2.75, 3.05) is 19.6 Å².